The second-order valence-electron chi connectivity index (χ2n) is 3.98. The van der Waals surface area contributed by atoms with Crippen LogP contribution in [0.2, 0.25) is 0 Å². The van der Waals surface area contributed by atoms with Crippen molar-refractivity contribution in [1.82, 2.24) is 9.78 Å². The van der Waals surface area contributed by atoms with Crippen molar-refractivity contribution >= 4 is 0 Å². The van der Waals surface area contributed by atoms with Crippen LogP contribution in [-0.2, 0) is 6.54 Å². The van der Waals surface area contributed by atoms with E-state index >= 15 is 0 Å². The van der Waals surface area contributed by atoms with Crippen LogP contribution < -0.4 is 0 Å². The third-order valence-electron chi connectivity index (χ3n) is 2.78. The quantitative estimate of drug-likeness (QED) is 0.838. The second-order valence-corrected chi connectivity index (χ2v) is 3.98. The minimum atomic E-state index is 0.262. The summed E-state index contributed by atoms with van der Waals surface area (Å²) in [6.45, 7) is 6.59. The van der Waals surface area contributed by atoms with Crippen LogP contribution in [0, 0.1) is 13.8 Å². The van der Waals surface area contributed by atoms with Crippen molar-refractivity contribution in [1.29, 1.82) is 0 Å². The maximum atomic E-state index is 9.83. The van der Waals surface area contributed by atoms with Gasteiger partial charge in [-0.2, -0.15) is 5.10 Å². The molecule has 2 aromatic rings. The average Bonchev–Trinajstić information content (AvgIpc) is 2.57. The molecule has 2 rings (SSSR count). The third-order valence-corrected chi connectivity index (χ3v) is 2.78. The predicted molar refractivity (Wildman–Crippen MR) is 64.5 cm³/mol. The van der Waals surface area contributed by atoms with E-state index in [1.54, 1.807) is 4.68 Å². The topological polar surface area (TPSA) is 38.0 Å². The van der Waals surface area contributed by atoms with Gasteiger partial charge in [0.25, 0.3) is 0 Å². The van der Waals surface area contributed by atoms with Crippen LogP contribution in [-0.4, -0.2) is 14.9 Å². The summed E-state index contributed by atoms with van der Waals surface area (Å²) in [5.74, 6) is 0.262. The molecule has 0 atom stereocenters. The smallest absolute Gasteiger partial charge is 0.212 e. The molecule has 1 N–H and O–H groups in total. The van der Waals surface area contributed by atoms with Crippen LogP contribution in [0.25, 0.3) is 11.3 Å². The molecule has 0 spiro atoms. The molecule has 0 saturated heterocycles. The minimum absolute atomic E-state index is 0.262. The first-order chi connectivity index (χ1) is 7.63. The highest BCUT2D eigenvalue weighted by molar-refractivity contribution is 5.65. The molecule has 0 amide bonds. The van der Waals surface area contributed by atoms with E-state index in [9.17, 15) is 5.11 Å². The lowest BCUT2D eigenvalue weighted by atomic mass is 10.1. The molecule has 0 aliphatic heterocycles. The molecular formula is C13H16N2O. The van der Waals surface area contributed by atoms with Gasteiger partial charge < -0.3 is 5.11 Å². The summed E-state index contributed by atoms with van der Waals surface area (Å²) in [5, 5.41) is 14.2. The van der Waals surface area contributed by atoms with Crippen LogP contribution in [0.1, 0.15) is 18.1 Å². The Bertz CT molecular complexity index is 497. The molecule has 1 aromatic carbocycles. The normalized spacial score (nSPS) is 10.7. The van der Waals surface area contributed by atoms with Gasteiger partial charge in [-0.3, -0.25) is 0 Å². The molecule has 0 bridgehead atoms. The lowest BCUT2D eigenvalue weighted by molar-refractivity contribution is 0.402. The van der Waals surface area contributed by atoms with Crippen molar-refractivity contribution in [3.63, 3.8) is 0 Å². The number of aryl methyl sites for hydroxylation is 2. The molecule has 0 unspecified atom stereocenters. The lowest BCUT2D eigenvalue weighted by Crippen LogP contribution is -1.95. The van der Waals surface area contributed by atoms with Crippen LogP contribution in [0.3, 0.4) is 0 Å². The fourth-order valence-electron chi connectivity index (χ4n) is 1.75. The molecule has 16 heavy (non-hydrogen) atoms. The summed E-state index contributed by atoms with van der Waals surface area (Å²) in [5.41, 5.74) is 3.97. The van der Waals surface area contributed by atoms with Crippen molar-refractivity contribution in [2.24, 2.45) is 0 Å². The SMILES string of the molecule is CCn1nc(-c2ccc(C)cc2)c(C)c1O. The van der Waals surface area contributed by atoms with E-state index in [1.165, 1.54) is 5.56 Å². The molecule has 3 nitrogen and oxygen atoms in total. The van der Waals surface area contributed by atoms with E-state index < -0.39 is 0 Å². The molecule has 3 heteroatoms. The van der Waals surface area contributed by atoms with Gasteiger partial charge in [0, 0.05) is 17.7 Å². The van der Waals surface area contributed by atoms with Gasteiger partial charge in [-0.05, 0) is 20.8 Å². The number of aromatic nitrogens is 2. The first-order valence-corrected chi connectivity index (χ1v) is 5.47. The number of nitrogens with zero attached hydrogens (tertiary/aromatic N) is 2. The van der Waals surface area contributed by atoms with E-state index in [4.69, 9.17) is 0 Å². The van der Waals surface area contributed by atoms with E-state index in [2.05, 4.69) is 24.2 Å². The third kappa shape index (κ3) is 1.69. The number of hydrogen-bond acceptors (Lipinski definition) is 2. The predicted octanol–water partition coefficient (Wildman–Crippen LogP) is 2.89. The molecule has 0 fully saturated rings. The zero-order valence-electron chi connectivity index (χ0n) is 9.86. The second kappa shape index (κ2) is 4.00. The number of hydrogen-bond donors (Lipinski definition) is 1. The molecule has 84 valence electrons. The molecule has 1 aromatic heterocycles. The van der Waals surface area contributed by atoms with E-state index in [-0.39, 0.29) is 5.88 Å². The number of aromatic hydroxyl groups is 1. The molecule has 0 radical (unpaired) electrons. The Balaban J connectivity index is 2.52. The lowest BCUT2D eigenvalue weighted by Gasteiger charge is -1.98. The van der Waals surface area contributed by atoms with Gasteiger partial charge >= 0.3 is 0 Å². The summed E-state index contributed by atoms with van der Waals surface area (Å²) in [6, 6.07) is 8.17. The zero-order valence-corrected chi connectivity index (χ0v) is 9.86. The Labute approximate surface area is 95.3 Å². The zero-order chi connectivity index (χ0) is 11.7. The Hall–Kier alpha value is -1.77. The highest BCUT2D eigenvalue weighted by atomic mass is 16.3. The number of rotatable bonds is 2. The first-order valence-electron chi connectivity index (χ1n) is 5.47. The standard InChI is InChI=1S/C13H16N2O/c1-4-15-13(16)10(3)12(14-15)11-7-5-9(2)6-8-11/h5-8,16H,4H2,1-3H3. The van der Waals surface area contributed by atoms with Crippen LogP contribution in [0.5, 0.6) is 5.88 Å². The van der Waals surface area contributed by atoms with Gasteiger partial charge in [0.05, 0.1) is 5.69 Å². The number of benzene rings is 1. The van der Waals surface area contributed by atoms with Gasteiger partial charge in [-0.25, -0.2) is 4.68 Å². The summed E-state index contributed by atoms with van der Waals surface area (Å²) in [4.78, 5) is 0. The monoisotopic (exact) mass is 216 g/mol. The summed E-state index contributed by atoms with van der Waals surface area (Å²) >= 11 is 0. The van der Waals surface area contributed by atoms with Crippen molar-refractivity contribution < 1.29 is 5.11 Å². The Morgan fingerprint density at radius 3 is 2.31 bits per heavy atom. The average molecular weight is 216 g/mol. The summed E-state index contributed by atoms with van der Waals surface area (Å²) in [6.07, 6.45) is 0. The van der Waals surface area contributed by atoms with Crippen LogP contribution in [0.4, 0.5) is 0 Å². The minimum Gasteiger partial charge on any atom is -0.493 e. The van der Waals surface area contributed by atoms with Gasteiger partial charge in [0.1, 0.15) is 0 Å². The van der Waals surface area contributed by atoms with E-state index in [0.29, 0.717) is 6.54 Å². The first kappa shape index (κ1) is 10.7. The molecular weight excluding hydrogens is 200 g/mol. The Kier molecular flexibility index (Phi) is 2.69. The van der Waals surface area contributed by atoms with Gasteiger partial charge in [-0.1, -0.05) is 29.8 Å². The molecule has 0 saturated carbocycles. The van der Waals surface area contributed by atoms with Gasteiger partial charge in [-0.15, -0.1) is 0 Å². The van der Waals surface area contributed by atoms with Crippen molar-refractivity contribution in [3.05, 3.63) is 35.4 Å². The summed E-state index contributed by atoms with van der Waals surface area (Å²) in [7, 11) is 0. The highest BCUT2D eigenvalue weighted by Gasteiger charge is 2.13. The largest absolute Gasteiger partial charge is 0.493 e. The maximum absolute atomic E-state index is 9.83. The van der Waals surface area contributed by atoms with Gasteiger partial charge in [0.2, 0.25) is 5.88 Å². The van der Waals surface area contributed by atoms with Crippen molar-refractivity contribution in [3.8, 4) is 17.1 Å². The maximum Gasteiger partial charge on any atom is 0.212 e. The molecule has 0 aliphatic carbocycles. The van der Waals surface area contributed by atoms with Crippen molar-refractivity contribution in [2.45, 2.75) is 27.3 Å². The van der Waals surface area contributed by atoms with E-state index in [1.807, 2.05) is 26.0 Å². The fraction of sp³-hybridized carbons (Fsp3) is 0.308. The van der Waals surface area contributed by atoms with E-state index in [0.717, 1.165) is 16.8 Å². The Morgan fingerprint density at radius 2 is 1.81 bits per heavy atom. The summed E-state index contributed by atoms with van der Waals surface area (Å²) < 4.78 is 1.62. The van der Waals surface area contributed by atoms with Crippen LogP contribution in [0.15, 0.2) is 24.3 Å². The van der Waals surface area contributed by atoms with Gasteiger partial charge in [0.15, 0.2) is 0 Å². The van der Waals surface area contributed by atoms with Crippen molar-refractivity contribution in [2.75, 3.05) is 0 Å². The highest BCUT2D eigenvalue weighted by Crippen LogP contribution is 2.28. The molecule has 1 heterocycles. The fourth-order valence-corrected chi connectivity index (χ4v) is 1.75. The Morgan fingerprint density at radius 1 is 1.19 bits per heavy atom. The van der Waals surface area contributed by atoms with Crippen LogP contribution >= 0.6 is 0 Å². The molecule has 0 aliphatic rings.